The van der Waals surface area contributed by atoms with Crippen molar-refractivity contribution in [1.29, 1.82) is 0 Å². The summed E-state index contributed by atoms with van der Waals surface area (Å²) < 4.78 is 10.5. The van der Waals surface area contributed by atoms with Gasteiger partial charge in [-0.3, -0.25) is 0 Å². The predicted molar refractivity (Wildman–Crippen MR) is 40.2 cm³/mol. The molecule has 3 heteroatoms. The normalized spacial score (nSPS) is 34.2. The topological polar surface area (TPSA) is 18.5 Å². The van der Waals surface area contributed by atoms with Crippen LogP contribution >= 0.6 is 11.6 Å². The van der Waals surface area contributed by atoms with Crippen molar-refractivity contribution < 1.29 is 9.47 Å². The van der Waals surface area contributed by atoms with Gasteiger partial charge in [0.25, 0.3) is 0 Å². The second-order valence-electron chi connectivity index (χ2n) is 2.35. The third-order valence-electron chi connectivity index (χ3n) is 1.53. The molecule has 1 rings (SSSR count). The molecule has 2 nitrogen and oxygen atoms in total. The van der Waals surface area contributed by atoms with Crippen LogP contribution in [0.25, 0.3) is 0 Å². The van der Waals surface area contributed by atoms with Crippen molar-refractivity contribution in [1.82, 2.24) is 0 Å². The largest absolute Gasteiger partial charge is 0.351 e. The molecule has 0 aliphatic carbocycles. The molecule has 0 spiro atoms. The summed E-state index contributed by atoms with van der Waals surface area (Å²) in [6, 6.07) is 0. The summed E-state index contributed by atoms with van der Waals surface area (Å²) in [5, 5.41) is 0.0497. The van der Waals surface area contributed by atoms with E-state index in [4.69, 9.17) is 21.1 Å². The van der Waals surface area contributed by atoms with Gasteiger partial charge in [-0.2, -0.15) is 0 Å². The SMILES string of the molecule is CCO[C@@H]1OCCC[C@H]1Cl. The number of hydrogen-bond donors (Lipinski definition) is 0. The van der Waals surface area contributed by atoms with Crippen LogP contribution in [0.4, 0.5) is 0 Å². The highest BCUT2D eigenvalue weighted by Crippen LogP contribution is 2.19. The Morgan fingerprint density at radius 3 is 3.10 bits per heavy atom. The van der Waals surface area contributed by atoms with Crippen LogP contribution < -0.4 is 0 Å². The van der Waals surface area contributed by atoms with Crippen LogP contribution in [0.2, 0.25) is 0 Å². The van der Waals surface area contributed by atoms with Crippen LogP contribution in [0.15, 0.2) is 0 Å². The lowest BCUT2D eigenvalue weighted by Gasteiger charge is -2.26. The number of hydrogen-bond acceptors (Lipinski definition) is 2. The molecular formula is C7H13ClO2. The Balaban J connectivity index is 2.25. The molecule has 0 aromatic heterocycles. The lowest BCUT2D eigenvalue weighted by molar-refractivity contribution is -0.156. The predicted octanol–water partition coefficient (Wildman–Crippen LogP) is 1.77. The molecule has 2 atom stereocenters. The fourth-order valence-corrected chi connectivity index (χ4v) is 1.33. The molecule has 0 unspecified atom stereocenters. The van der Waals surface area contributed by atoms with Crippen molar-refractivity contribution >= 4 is 11.6 Å². The molecule has 0 aromatic rings. The van der Waals surface area contributed by atoms with Gasteiger partial charge in [-0.25, -0.2) is 0 Å². The van der Waals surface area contributed by atoms with Crippen molar-refractivity contribution in [2.75, 3.05) is 13.2 Å². The Morgan fingerprint density at radius 1 is 1.70 bits per heavy atom. The quantitative estimate of drug-likeness (QED) is 0.580. The maximum atomic E-state index is 5.91. The lowest BCUT2D eigenvalue weighted by Crippen LogP contribution is -2.32. The Morgan fingerprint density at radius 2 is 2.50 bits per heavy atom. The molecular weight excluding hydrogens is 152 g/mol. The fraction of sp³-hybridized carbons (Fsp3) is 1.00. The lowest BCUT2D eigenvalue weighted by atomic mass is 10.2. The first kappa shape index (κ1) is 8.31. The number of ether oxygens (including phenoxy) is 2. The summed E-state index contributed by atoms with van der Waals surface area (Å²) in [4.78, 5) is 0. The van der Waals surface area contributed by atoms with Crippen molar-refractivity contribution in [3.63, 3.8) is 0 Å². The molecule has 0 N–H and O–H groups in total. The van der Waals surface area contributed by atoms with Crippen molar-refractivity contribution in [3.8, 4) is 0 Å². The van der Waals surface area contributed by atoms with E-state index in [-0.39, 0.29) is 11.7 Å². The van der Waals surface area contributed by atoms with Gasteiger partial charge in [0.05, 0.1) is 5.38 Å². The van der Waals surface area contributed by atoms with E-state index in [1.807, 2.05) is 6.92 Å². The zero-order chi connectivity index (χ0) is 7.40. The average Bonchev–Trinajstić information content (AvgIpc) is 1.94. The standard InChI is InChI=1S/C7H13ClO2/c1-2-9-7-6(8)4-3-5-10-7/h6-7H,2-5H2,1H3/t6-,7-/m1/s1. The highest BCUT2D eigenvalue weighted by Gasteiger charge is 2.23. The van der Waals surface area contributed by atoms with Crippen LogP contribution in [0, 0.1) is 0 Å². The van der Waals surface area contributed by atoms with Crippen molar-refractivity contribution in [3.05, 3.63) is 0 Å². The molecule has 1 aliphatic rings. The number of alkyl halides is 1. The van der Waals surface area contributed by atoms with Crippen LogP contribution in [0.5, 0.6) is 0 Å². The molecule has 0 saturated carbocycles. The van der Waals surface area contributed by atoms with Gasteiger partial charge in [-0.15, -0.1) is 11.6 Å². The van der Waals surface area contributed by atoms with Gasteiger partial charge in [0.1, 0.15) is 0 Å². The highest BCUT2D eigenvalue weighted by atomic mass is 35.5. The van der Waals surface area contributed by atoms with Gasteiger partial charge in [0.2, 0.25) is 0 Å². The Bertz CT molecular complexity index is 95.6. The van der Waals surface area contributed by atoms with E-state index in [1.165, 1.54) is 0 Å². The molecule has 0 bridgehead atoms. The summed E-state index contributed by atoms with van der Waals surface area (Å²) in [5.74, 6) is 0. The van der Waals surface area contributed by atoms with Crippen LogP contribution in [-0.4, -0.2) is 24.9 Å². The van der Waals surface area contributed by atoms with E-state index < -0.39 is 0 Å². The van der Waals surface area contributed by atoms with E-state index in [9.17, 15) is 0 Å². The summed E-state index contributed by atoms with van der Waals surface area (Å²) in [5.41, 5.74) is 0. The van der Waals surface area contributed by atoms with Gasteiger partial charge < -0.3 is 9.47 Å². The third-order valence-corrected chi connectivity index (χ3v) is 1.96. The molecule has 1 heterocycles. The maximum absolute atomic E-state index is 5.91. The third kappa shape index (κ3) is 2.11. The van der Waals surface area contributed by atoms with Gasteiger partial charge in [-0.1, -0.05) is 0 Å². The molecule has 0 radical (unpaired) electrons. The van der Waals surface area contributed by atoms with Crippen LogP contribution in [0.3, 0.4) is 0 Å². The first-order chi connectivity index (χ1) is 4.84. The van der Waals surface area contributed by atoms with Gasteiger partial charge in [0.15, 0.2) is 6.29 Å². The van der Waals surface area contributed by atoms with E-state index in [1.54, 1.807) is 0 Å². The van der Waals surface area contributed by atoms with E-state index in [2.05, 4.69) is 0 Å². The highest BCUT2D eigenvalue weighted by molar-refractivity contribution is 6.20. The van der Waals surface area contributed by atoms with E-state index in [0.717, 1.165) is 19.4 Å². The fourth-order valence-electron chi connectivity index (χ4n) is 1.04. The number of rotatable bonds is 2. The molecule has 10 heavy (non-hydrogen) atoms. The van der Waals surface area contributed by atoms with Gasteiger partial charge >= 0.3 is 0 Å². The summed E-state index contributed by atoms with van der Waals surface area (Å²) in [7, 11) is 0. The first-order valence-electron chi connectivity index (χ1n) is 3.72. The van der Waals surface area contributed by atoms with Crippen molar-refractivity contribution in [2.24, 2.45) is 0 Å². The second-order valence-corrected chi connectivity index (χ2v) is 2.91. The van der Waals surface area contributed by atoms with Crippen LogP contribution in [0.1, 0.15) is 19.8 Å². The van der Waals surface area contributed by atoms with Gasteiger partial charge in [0, 0.05) is 13.2 Å². The summed E-state index contributed by atoms with van der Waals surface area (Å²) >= 11 is 5.91. The van der Waals surface area contributed by atoms with E-state index >= 15 is 0 Å². The minimum absolute atomic E-state index is 0.0497. The number of halogens is 1. The zero-order valence-corrected chi connectivity index (χ0v) is 6.93. The Hall–Kier alpha value is 0.210. The van der Waals surface area contributed by atoms with Gasteiger partial charge in [-0.05, 0) is 19.8 Å². The molecule has 1 saturated heterocycles. The first-order valence-corrected chi connectivity index (χ1v) is 4.15. The molecule has 0 aromatic carbocycles. The van der Waals surface area contributed by atoms with E-state index in [0.29, 0.717) is 6.61 Å². The molecule has 60 valence electrons. The average molecular weight is 165 g/mol. The zero-order valence-electron chi connectivity index (χ0n) is 6.18. The van der Waals surface area contributed by atoms with Crippen LogP contribution in [-0.2, 0) is 9.47 Å². The Labute approximate surface area is 66.5 Å². The summed E-state index contributed by atoms with van der Waals surface area (Å²) in [6.07, 6.45) is 1.89. The molecule has 0 amide bonds. The minimum atomic E-state index is -0.166. The maximum Gasteiger partial charge on any atom is 0.173 e. The second kappa shape index (κ2) is 4.16. The monoisotopic (exact) mass is 164 g/mol. The smallest absolute Gasteiger partial charge is 0.173 e. The van der Waals surface area contributed by atoms with Crippen molar-refractivity contribution in [2.45, 2.75) is 31.4 Å². The molecule has 1 fully saturated rings. The Kier molecular flexibility index (Phi) is 3.46. The molecule has 1 aliphatic heterocycles. The minimum Gasteiger partial charge on any atom is -0.351 e. The summed E-state index contributed by atoms with van der Waals surface area (Å²) in [6.45, 7) is 3.41.